The van der Waals surface area contributed by atoms with Crippen LogP contribution in [-0.2, 0) is 23.7 Å². The van der Waals surface area contributed by atoms with Gasteiger partial charge in [0.2, 0.25) is 0 Å². The number of carbonyl (C=O) groups is 1. The fourth-order valence-electron chi connectivity index (χ4n) is 7.08. The number of ether oxygens (including phenoxy) is 4. The molecule has 352 valence electrons. The van der Waals surface area contributed by atoms with E-state index >= 15 is 0 Å². The number of aliphatic hydroxyl groups is 4. The normalized spacial score (nSPS) is 20.5. The fraction of sp³-hybridized carbons (Fsp3) is 0.750. The molecule has 1 aliphatic heterocycles. The number of carbonyl (C=O) groups excluding carboxylic acids is 1. The molecule has 6 atom stereocenters. The van der Waals surface area contributed by atoms with Crippen molar-refractivity contribution in [1.29, 1.82) is 0 Å². The number of hydrogen-bond donors (Lipinski definition) is 4. The van der Waals surface area contributed by atoms with Gasteiger partial charge in [-0.3, -0.25) is 4.79 Å². The quantitative estimate of drug-likeness (QED) is 0.0269. The summed E-state index contributed by atoms with van der Waals surface area (Å²) in [4.78, 5) is 12.8. The molecule has 1 rings (SSSR count). The summed E-state index contributed by atoms with van der Waals surface area (Å²) in [5, 5.41) is 40.2. The molecule has 0 aromatic rings. The first-order valence-corrected chi connectivity index (χ1v) is 24.5. The maximum Gasteiger partial charge on any atom is 0.306 e. The first kappa shape index (κ1) is 56.6. The van der Waals surface area contributed by atoms with Crippen LogP contribution in [0.25, 0.3) is 0 Å². The molecule has 4 N–H and O–H groups in total. The molecule has 0 amide bonds. The van der Waals surface area contributed by atoms with Gasteiger partial charge in [-0.05, 0) is 64.2 Å². The predicted octanol–water partition coefficient (Wildman–Crippen LogP) is 11.6. The van der Waals surface area contributed by atoms with Gasteiger partial charge in [0.1, 0.15) is 30.5 Å². The molecule has 0 aromatic heterocycles. The summed E-state index contributed by atoms with van der Waals surface area (Å²) < 4.78 is 22.8. The molecule has 0 aromatic carbocycles. The summed E-state index contributed by atoms with van der Waals surface area (Å²) in [6, 6.07) is 0. The van der Waals surface area contributed by atoms with E-state index in [2.05, 4.69) is 86.8 Å². The molecule has 1 fully saturated rings. The zero-order chi connectivity index (χ0) is 44.3. The average Bonchev–Trinajstić information content (AvgIpc) is 3.26. The van der Waals surface area contributed by atoms with Gasteiger partial charge in [0.05, 0.1) is 19.8 Å². The molecular weight excluding hydrogens is 769 g/mol. The molecular formula is C52H90O9. The summed E-state index contributed by atoms with van der Waals surface area (Å²) in [5.41, 5.74) is 0. The minimum absolute atomic E-state index is 0.126. The van der Waals surface area contributed by atoms with E-state index in [1.54, 1.807) is 0 Å². The highest BCUT2D eigenvalue weighted by Crippen LogP contribution is 2.22. The summed E-state index contributed by atoms with van der Waals surface area (Å²) in [7, 11) is 0. The third-order valence-electron chi connectivity index (χ3n) is 10.9. The van der Waals surface area contributed by atoms with E-state index in [0.29, 0.717) is 13.0 Å². The molecule has 61 heavy (non-hydrogen) atoms. The highest BCUT2D eigenvalue weighted by molar-refractivity contribution is 5.69. The van der Waals surface area contributed by atoms with Gasteiger partial charge in [-0.15, -0.1) is 0 Å². The third-order valence-corrected chi connectivity index (χ3v) is 10.9. The van der Waals surface area contributed by atoms with Crippen molar-refractivity contribution in [3.63, 3.8) is 0 Å². The van der Waals surface area contributed by atoms with Crippen LogP contribution in [0.4, 0.5) is 0 Å². The molecule has 0 spiro atoms. The van der Waals surface area contributed by atoms with Crippen molar-refractivity contribution >= 4 is 5.97 Å². The molecule has 1 heterocycles. The lowest BCUT2D eigenvalue weighted by Gasteiger charge is -2.39. The molecule has 0 bridgehead atoms. The van der Waals surface area contributed by atoms with Gasteiger partial charge < -0.3 is 39.4 Å². The Hall–Kier alpha value is -2.37. The average molecular weight is 859 g/mol. The Morgan fingerprint density at radius 1 is 0.541 bits per heavy atom. The zero-order valence-corrected chi connectivity index (χ0v) is 38.6. The van der Waals surface area contributed by atoms with Crippen molar-refractivity contribution in [3.05, 3.63) is 72.9 Å². The molecule has 0 saturated carbocycles. The lowest BCUT2D eigenvalue weighted by molar-refractivity contribution is -0.305. The van der Waals surface area contributed by atoms with Crippen LogP contribution >= 0.6 is 0 Å². The molecule has 0 radical (unpaired) electrons. The number of unbranched alkanes of at least 4 members (excludes halogenated alkanes) is 18. The van der Waals surface area contributed by atoms with E-state index < -0.39 is 43.4 Å². The van der Waals surface area contributed by atoms with Crippen molar-refractivity contribution in [2.24, 2.45) is 0 Å². The summed E-state index contributed by atoms with van der Waals surface area (Å²) >= 11 is 0. The highest BCUT2D eigenvalue weighted by atomic mass is 16.7. The van der Waals surface area contributed by atoms with Crippen LogP contribution in [0.15, 0.2) is 72.9 Å². The number of rotatable bonds is 41. The number of aliphatic hydroxyl groups excluding tert-OH is 4. The van der Waals surface area contributed by atoms with Crippen molar-refractivity contribution in [1.82, 2.24) is 0 Å². The molecule has 1 aliphatic rings. The number of esters is 1. The van der Waals surface area contributed by atoms with Gasteiger partial charge >= 0.3 is 5.97 Å². The Bertz CT molecular complexity index is 1160. The van der Waals surface area contributed by atoms with Crippen molar-refractivity contribution in [2.45, 2.75) is 224 Å². The summed E-state index contributed by atoms with van der Waals surface area (Å²) in [5.74, 6) is -0.355. The molecule has 9 heteroatoms. The van der Waals surface area contributed by atoms with Crippen LogP contribution in [0.3, 0.4) is 0 Å². The van der Waals surface area contributed by atoms with Gasteiger partial charge in [0.25, 0.3) is 0 Å². The van der Waals surface area contributed by atoms with Gasteiger partial charge in [-0.1, -0.05) is 189 Å². The standard InChI is InChI=1S/C52H90O9/c1-3-5-7-9-11-13-15-17-19-21-22-23-24-25-27-29-31-33-35-37-39-41-48(54)60-46(45-59-52-51(57)50(56)49(55)47(43-53)61-52)44-58-42-40-38-36-34-32-30-28-26-20-18-16-14-12-10-8-6-4-2/h5,7,11,13,17,19,22-23,25,27,31,33,46-47,49-53,55-57H,3-4,6,8-10,12,14-16,18,20-21,24,26,28-30,32,34-45H2,1-2H3/b7-5-,13-11-,19-17-,23-22-,27-25-,33-31-. The predicted molar refractivity (Wildman–Crippen MR) is 251 cm³/mol. The van der Waals surface area contributed by atoms with E-state index in [-0.39, 0.29) is 25.6 Å². The van der Waals surface area contributed by atoms with Gasteiger partial charge in [-0.2, -0.15) is 0 Å². The topological polar surface area (TPSA) is 135 Å². The minimum atomic E-state index is -1.55. The molecule has 0 aliphatic carbocycles. The van der Waals surface area contributed by atoms with Crippen molar-refractivity contribution in [2.75, 3.05) is 26.4 Å². The SMILES string of the molecule is CC/C=C\C/C=C\C/C=C\C/C=C\C/C=C\C/C=C\CCCCC(=O)OC(COCCCCCCCCCCCCCCCCCCC)COC1OC(CO)C(O)C(O)C1O. The van der Waals surface area contributed by atoms with Crippen LogP contribution in [-0.4, -0.2) is 89.6 Å². The smallest absolute Gasteiger partial charge is 0.306 e. The Labute approximate surface area is 372 Å². The van der Waals surface area contributed by atoms with Crippen molar-refractivity contribution in [3.8, 4) is 0 Å². The Morgan fingerprint density at radius 3 is 1.48 bits per heavy atom. The Balaban J connectivity index is 2.28. The van der Waals surface area contributed by atoms with Gasteiger partial charge in [0.15, 0.2) is 6.29 Å². The summed E-state index contributed by atoms with van der Waals surface area (Å²) in [6.45, 7) is 4.40. The lowest BCUT2D eigenvalue weighted by Crippen LogP contribution is -2.59. The van der Waals surface area contributed by atoms with Crippen LogP contribution < -0.4 is 0 Å². The monoisotopic (exact) mass is 859 g/mol. The zero-order valence-electron chi connectivity index (χ0n) is 38.6. The first-order valence-electron chi connectivity index (χ1n) is 24.5. The highest BCUT2D eigenvalue weighted by Gasteiger charge is 2.44. The van der Waals surface area contributed by atoms with Crippen LogP contribution in [0.2, 0.25) is 0 Å². The number of hydrogen-bond acceptors (Lipinski definition) is 9. The van der Waals surface area contributed by atoms with E-state index in [9.17, 15) is 25.2 Å². The maximum absolute atomic E-state index is 12.8. The first-order chi connectivity index (χ1) is 29.9. The second-order valence-corrected chi connectivity index (χ2v) is 16.5. The molecule has 1 saturated heterocycles. The van der Waals surface area contributed by atoms with Crippen LogP contribution in [0, 0.1) is 0 Å². The molecule has 9 nitrogen and oxygen atoms in total. The van der Waals surface area contributed by atoms with Crippen molar-refractivity contribution < 1.29 is 44.2 Å². The number of allylic oxidation sites excluding steroid dienone is 12. The second-order valence-electron chi connectivity index (χ2n) is 16.5. The largest absolute Gasteiger partial charge is 0.457 e. The molecule has 6 unspecified atom stereocenters. The van der Waals surface area contributed by atoms with E-state index in [4.69, 9.17) is 18.9 Å². The summed E-state index contributed by atoms with van der Waals surface area (Å²) in [6.07, 6.45) is 49.3. The van der Waals surface area contributed by atoms with Crippen LogP contribution in [0.1, 0.15) is 187 Å². The second kappa shape index (κ2) is 42.9. The maximum atomic E-state index is 12.8. The minimum Gasteiger partial charge on any atom is -0.457 e. The van der Waals surface area contributed by atoms with E-state index in [1.807, 2.05) is 0 Å². The van der Waals surface area contributed by atoms with Gasteiger partial charge in [-0.25, -0.2) is 0 Å². The Kier molecular flexibility index (Phi) is 39.8. The van der Waals surface area contributed by atoms with E-state index in [1.165, 1.54) is 96.3 Å². The van der Waals surface area contributed by atoms with Gasteiger partial charge in [0, 0.05) is 13.0 Å². The third kappa shape index (κ3) is 33.8. The fourth-order valence-corrected chi connectivity index (χ4v) is 7.08. The van der Waals surface area contributed by atoms with E-state index in [0.717, 1.165) is 64.2 Å². The van der Waals surface area contributed by atoms with Crippen LogP contribution in [0.5, 0.6) is 0 Å². The Morgan fingerprint density at radius 2 is 1.00 bits per heavy atom. The lowest BCUT2D eigenvalue weighted by atomic mass is 9.99.